The summed E-state index contributed by atoms with van der Waals surface area (Å²) in [5.74, 6) is 0.952. The number of amides is 3. The second-order valence-electron chi connectivity index (χ2n) is 11.1. The number of rotatable bonds is 7. The lowest BCUT2D eigenvalue weighted by Crippen LogP contribution is -2.50. The molecule has 0 radical (unpaired) electrons. The fourth-order valence-electron chi connectivity index (χ4n) is 5.73. The highest BCUT2D eigenvalue weighted by molar-refractivity contribution is 5.96. The number of hydrogen-bond donors (Lipinski definition) is 3. The number of carbonyl (C=O) groups excluding carboxylic acids is 2. The summed E-state index contributed by atoms with van der Waals surface area (Å²) < 4.78 is 0. The standard InChI is InChI=1S/C28H40N8O2/c1-34(2)28(38)32-22-5-4-14-36(18-22)24-17-30-25(26(29)37)27(33-24)31-21-10-8-19(9-11-21)20-12-15-35(16-13-20)23-6-3-7-23/h8-11,17,20,22-23H,3-7,12-16,18H2,1-2H3,(H2,29,37)(H,31,33)(H,32,38). The number of benzene rings is 1. The summed E-state index contributed by atoms with van der Waals surface area (Å²) in [4.78, 5) is 39.6. The van der Waals surface area contributed by atoms with E-state index in [0.717, 1.165) is 31.1 Å². The fourth-order valence-corrected chi connectivity index (χ4v) is 5.73. The monoisotopic (exact) mass is 520 g/mol. The van der Waals surface area contributed by atoms with Crippen molar-refractivity contribution in [3.8, 4) is 0 Å². The van der Waals surface area contributed by atoms with Crippen molar-refractivity contribution in [2.24, 2.45) is 5.73 Å². The predicted molar refractivity (Wildman–Crippen MR) is 149 cm³/mol. The van der Waals surface area contributed by atoms with Gasteiger partial charge in [0, 0.05) is 45.0 Å². The summed E-state index contributed by atoms with van der Waals surface area (Å²) in [5, 5.41) is 6.33. The van der Waals surface area contributed by atoms with Crippen molar-refractivity contribution < 1.29 is 9.59 Å². The van der Waals surface area contributed by atoms with Gasteiger partial charge >= 0.3 is 6.03 Å². The summed E-state index contributed by atoms with van der Waals surface area (Å²) in [5.41, 5.74) is 7.92. The summed E-state index contributed by atoms with van der Waals surface area (Å²) >= 11 is 0. The molecule has 38 heavy (non-hydrogen) atoms. The molecule has 2 saturated heterocycles. The normalized spacial score (nSPS) is 21.0. The molecule has 1 aromatic heterocycles. The number of carbonyl (C=O) groups is 2. The van der Waals surface area contributed by atoms with Crippen molar-refractivity contribution in [2.45, 2.75) is 62.9 Å². The zero-order chi connectivity index (χ0) is 26.6. The van der Waals surface area contributed by atoms with Crippen LogP contribution in [0.4, 0.5) is 22.1 Å². The first-order valence-corrected chi connectivity index (χ1v) is 13.9. The van der Waals surface area contributed by atoms with Crippen LogP contribution < -0.4 is 21.3 Å². The number of urea groups is 1. The van der Waals surface area contributed by atoms with E-state index in [9.17, 15) is 9.59 Å². The lowest BCUT2D eigenvalue weighted by Gasteiger charge is -2.42. The third-order valence-corrected chi connectivity index (χ3v) is 8.24. The smallest absolute Gasteiger partial charge is 0.317 e. The average molecular weight is 521 g/mol. The predicted octanol–water partition coefficient (Wildman–Crippen LogP) is 3.29. The molecule has 1 saturated carbocycles. The summed E-state index contributed by atoms with van der Waals surface area (Å²) in [6.45, 7) is 3.80. The van der Waals surface area contributed by atoms with Gasteiger partial charge in [-0.1, -0.05) is 18.6 Å². The van der Waals surface area contributed by atoms with E-state index in [-0.39, 0.29) is 17.8 Å². The molecule has 2 aliphatic heterocycles. The Morgan fingerprint density at radius 2 is 1.74 bits per heavy atom. The zero-order valence-electron chi connectivity index (χ0n) is 22.5. The molecule has 1 aromatic carbocycles. The largest absolute Gasteiger partial charge is 0.364 e. The number of aromatic nitrogens is 2. The minimum atomic E-state index is -0.629. The van der Waals surface area contributed by atoms with E-state index in [1.54, 1.807) is 20.3 Å². The van der Waals surface area contributed by atoms with Crippen LogP contribution in [-0.4, -0.2) is 84.1 Å². The number of nitrogens with one attached hydrogen (secondary N) is 2. The van der Waals surface area contributed by atoms with Crippen molar-refractivity contribution in [1.82, 2.24) is 25.1 Å². The first kappa shape index (κ1) is 26.2. The van der Waals surface area contributed by atoms with E-state index >= 15 is 0 Å². The van der Waals surface area contributed by atoms with Gasteiger partial charge in [0.2, 0.25) is 0 Å². The maximum Gasteiger partial charge on any atom is 0.317 e. The van der Waals surface area contributed by atoms with Crippen LogP contribution in [-0.2, 0) is 0 Å². The minimum absolute atomic E-state index is 0.0146. The van der Waals surface area contributed by atoms with E-state index < -0.39 is 5.91 Å². The molecule has 0 bridgehead atoms. The molecule has 204 valence electrons. The number of anilines is 3. The molecule has 4 N–H and O–H groups in total. The van der Waals surface area contributed by atoms with Crippen LogP contribution >= 0.6 is 0 Å². The highest BCUT2D eigenvalue weighted by atomic mass is 16.2. The van der Waals surface area contributed by atoms with Gasteiger partial charge in [-0.25, -0.2) is 14.8 Å². The minimum Gasteiger partial charge on any atom is -0.364 e. The molecule has 1 atom stereocenters. The maximum absolute atomic E-state index is 12.1. The van der Waals surface area contributed by atoms with Gasteiger partial charge < -0.3 is 31.1 Å². The second-order valence-corrected chi connectivity index (χ2v) is 11.1. The molecule has 5 rings (SSSR count). The molecule has 3 aliphatic rings. The summed E-state index contributed by atoms with van der Waals surface area (Å²) in [6.07, 6.45) is 9.93. The molecular formula is C28H40N8O2. The molecule has 1 aliphatic carbocycles. The van der Waals surface area contributed by atoms with Crippen LogP contribution in [0.5, 0.6) is 0 Å². The lowest BCUT2D eigenvalue weighted by molar-refractivity contribution is 0.0975. The number of likely N-dealkylation sites (tertiary alicyclic amines) is 1. The van der Waals surface area contributed by atoms with E-state index in [1.807, 2.05) is 12.1 Å². The number of piperidine rings is 2. The topological polar surface area (TPSA) is 120 Å². The molecule has 1 unspecified atom stereocenters. The van der Waals surface area contributed by atoms with Crippen LogP contribution in [0.2, 0.25) is 0 Å². The van der Waals surface area contributed by atoms with Crippen LogP contribution in [0.15, 0.2) is 30.5 Å². The molecule has 3 fully saturated rings. The molecule has 10 nitrogen and oxygen atoms in total. The molecule has 10 heteroatoms. The maximum atomic E-state index is 12.1. The fraction of sp³-hybridized carbons (Fsp3) is 0.571. The van der Waals surface area contributed by atoms with Crippen LogP contribution in [0.3, 0.4) is 0 Å². The number of primary amides is 1. The van der Waals surface area contributed by atoms with Gasteiger partial charge in [-0.05, 0) is 75.2 Å². The van der Waals surface area contributed by atoms with Gasteiger partial charge in [-0.15, -0.1) is 0 Å². The Labute approximate surface area is 225 Å². The quantitative estimate of drug-likeness (QED) is 0.512. The lowest BCUT2D eigenvalue weighted by atomic mass is 9.85. The van der Waals surface area contributed by atoms with Crippen molar-refractivity contribution in [1.29, 1.82) is 0 Å². The first-order valence-electron chi connectivity index (χ1n) is 13.9. The average Bonchev–Trinajstić information content (AvgIpc) is 2.88. The molecule has 0 spiro atoms. The van der Waals surface area contributed by atoms with Gasteiger partial charge in [0.05, 0.1) is 6.20 Å². The Morgan fingerprint density at radius 3 is 2.37 bits per heavy atom. The van der Waals surface area contributed by atoms with Crippen LogP contribution in [0, 0.1) is 0 Å². The Bertz CT molecular complexity index is 1130. The summed E-state index contributed by atoms with van der Waals surface area (Å²) in [7, 11) is 3.46. The van der Waals surface area contributed by atoms with E-state index in [0.29, 0.717) is 24.1 Å². The van der Waals surface area contributed by atoms with Gasteiger partial charge in [-0.3, -0.25) is 4.79 Å². The molecular weight excluding hydrogens is 480 g/mol. The first-order chi connectivity index (χ1) is 18.4. The van der Waals surface area contributed by atoms with Crippen molar-refractivity contribution in [3.05, 3.63) is 41.7 Å². The number of nitrogens with two attached hydrogens (primary N) is 1. The highest BCUT2D eigenvalue weighted by Crippen LogP contribution is 2.34. The number of nitrogens with zero attached hydrogens (tertiary/aromatic N) is 5. The van der Waals surface area contributed by atoms with Crippen LogP contribution in [0.1, 0.15) is 66.9 Å². The van der Waals surface area contributed by atoms with E-state index in [2.05, 4.69) is 37.6 Å². The van der Waals surface area contributed by atoms with Crippen molar-refractivity contribution in [3.63, 3.8) is 0 Å². The SMILES string of the molecule is CN(C)C(=O)NC1CCCN(c2cnc(C(N)=O)c(Nc3ccc(C4CCN(C5CCC5)CC4)cc3)n2)C1. The summed E-state index contributed by atoms with van der Waals surface area (Å²) in [6, 6.07) is 9.17. The Hall–Kier alpha value is -3.40. The van der Waals surface area contributed by atoms with Crippen molar-refractivity contribution in [2.75, 3.05) is 50.5 Å². The Morgan fingerprint density at radius 1 is 1.00 bits per heavy atom. The van der Waals surface area contributed by atoms with Gasteiger partial charge in [0.25, 0.3) is 5.91 Å². The molecule has 2 aromatic rings. The zero-order valence-corrected chi connectivity index (χ0v) is 22.5. The highest BCUT2D eigenvalue weighted by Gasteiger charge is 2.29. The number of hydrogen-bond acceptors (Lipinski definition) is 7. The van der Waals surface area contributed by atoms with Gasteiger partial charge in [0.1, 0.15) is 5.82 Å². The van der Waals surface area contributed by atoms with Crippen LogP contribution in [0.25, 0.3) is 0 Å². The van der Waals surface area contributed by atoms with Gasteiger partial charge in [0.15, 0.2) is 11.5 Å². The Kier molecular flexibility index (Phi) is 7.97. The second kappa shape index (κ2) is 11.6. The van der Waals surface area contributed by atoms with Gasteiger partial charge in [-0.2, -0.15) is 0 Å². The third kappa shape index (κ3) is 6.01. The third-order valence-electron chi connectivity index (χ3n) is 8.24. The molecule has 3 heterocycles. The molecule has 3 amide bonds. The van der Waals surface area contributed by atoms with E-state index in [1.165, 1.54) is 55.7 Å². The Balaban J connectivity index is 1.25. The van der Waals surface area contributed by atoms with E-state index in [4.69, 9.17) is 10.7 Å². The van der Waals surface area contributed by atoms with Crippen molar-refractivity contribution >= 4 is 29.3 Å².